The van der Waals surface area contributed by atoms with Crippen LogP contribution in [0.1, 0.15) is 0 Å². The number of nitrogens with zero attached hydrogens (tertiary/aromatic N) is 1. The second-order valence-corrected chi connectivity index (χ2v) is 3.14. The van der Waals surface area contributed by atoms with Crippen LogP contribution in [0.3, 0.4) is 0 Å². The number of rotatable bonds is 2. The third kappa shape index (κ3) is 1.74. The van der Waals surface area contributed by atoms with Crippen LogP contribution in [-0.2, 0) is 4.79 Å². The Hall–Kier alpha value is -2.31. The Morgan fingerprint density at radius 1 is 1.50 bits per heavy atom. The Kier molecular flexibility index (Phi) is 2.35. The zero-order valence-electron chi connectivity index (χ0n) is 7.95. The van der Waals surface area contributed by atoms with Gasteiger partial charge in [-0.15, -0.1) is 0 Å². The number of fused-ring (bicyclic) bond motifs is 1. The van der Waals surface area contributed by atoms with E-state index in [1.165, 1.54) is 18.2 Å². The molecule has 0 aliphatic carbocycles. The van der Waals surface area contributed by atoms with Crippen molar-refractivity contribution in [2.75, 3.05) is 6.61 Å². The molecule has 1 N–H and O–H groups in total. The molecule has 0 bridgehead atoms. The van der Waals surface area contributed by atoms with E-state index in [2.05, 4.69) is 0 Å². The molecule has 84 valence electrons. The van der Waals surface area contributed by atoms with Crippen LogP contribution in [0.2, 0.25) is 0 Å². The molecule has 7 heteroatoms. The molecule has 2 rings (SSSR count). The molecule has 0 saturated heterocycles. The van der Waals surface area contributed by atoms with Gasteiger partial charge in [-0.25, -0.2) is 4.79 Å². The molecule has 0 aromatic heterocycles. The number of nitro groups is 1. The number of hydrogen-bond acceptors (Lipinski definition) is 5. The summed E-state index contributed by atoms with van der Waals surface area (Å²) in [6.07, 6.45) is -1.08. The number of ether oxygens (including phenoxy) is 2. The number of nitro benzene ring substituents is 1. The van der Waals surface area contributed by atoms with E-state index in [9.17, 15) is 14.9 Å². The molecular weight excluding hydrogens is 218 g/mol. The minimum atomic E-state index is -1.14. The van der Waals surface area contributed by atoms with E-state index >= 15 is 0 Å². The Labute approximate surface area is 89.4 Å². The lowest BCUT2D eigenvalue weighted by molar-refractivity contribution is -0.385. The van der Waals surface area contributed by atoms with E-state index < -0.39 is 17.0 Å². The largest absolute Gasteiger partial charge is 0.485 e. The van der Waals surface area contributed by atoms with E-state index in [0.717, 1.165) is 0 Å². The van der Waals surface area contributed by atoms with Crippen molar-refractivity contribution in [3.8, 4) is 11.5 Å². The molecule has 1 heterocycles. The predicted molar refractivity (Wildman–Crippen MR) is 50.6 cm³/mol. The van der Waals surface area contributed by atoms with Gasteiger partial charge in [0.05, 0.1) is 11.0 Å². The number of hydrogen-bond donors (Lipinski definition) is 1. The van der Waals surface area contributed by atoms with Gasteiger partial charge in [-0.3, -0.25) is 10.1 Å². The molecule has 0 fully saturated rings. The highest BCUT2D eigenvalue weighted by Crippen LogP contribution is 2.34. The van der Waals surface area contributed by atoms with E-state index in [4.69, 9.17) is 14.6 Å². The van der Waals surface area contributed by atoms with Gasteiger partial charge in [0, 0.05) is 6.07 Å². The first-order valence-electron chi connectivity index (χ1n) is 4.38. The van der Waals surface area contributed by atoms with E-state index in [-0.39, 0.29) is 23.8 Å². The molecule has 0 unspecified atom stereocenters. The predicted octanol–water partition coefficient (Wildman–Crippen LogP) is 0.819. The van der Waals surface area contributed by atoms with Gasteiger partial charge in [0.25, 0.3) is 5.69 Å². The lowest BCUT2D eigenvalue weighted by Gasteiger charge is -2.23. The molecule has 1 aliphatic heterocycles. The number of aliphatic carboxylic acids is 1. The van der Waals surface area contributed by atoms with Gasteiger partial charge in [0.2, 0.25) is 6.10 Å². The SMILES string of the molecule is O=C(O)[C@@H]1COc2cc([N+](=O)[O-])ccc2O1. The van der Waals surface area contributed by atoms with Gasteiger partial charge in [0.1, 0.15) is 6.61 Å². The average Bonchev–Trinajstić information content (AvgIpc) is 2.27. The van der Waals surface area contributed by atoms with E-state index in [1.54, 1.807) is 0 Å². The molecule has 7 nitrogen and oxygen atoms in total. The van der Waals surface area contributed by atoms with Crippen molar-refractivity contribution in [1.29, 1.82) is 0 Å². The van der Waals surface area contributed by atoms with Crippen LogP contribution in [0.15, 0.2) is 18.2 Å². The molecule has 0 saturated carbocycles. The van der Waals surface area contributed by atoms with Crippen molar-refractivity contribution >= 4 is 11.7 Å². The second kappa shape index (κ2) is 3.69. The number of carboxylic acid groups (broad SMARTS) is 1. The highest BCUT2D eigenvalue weighted by Gasteiger charge is 2.28. The van der Waals surface area contributed by atoms with Crippen LogP contribution in [0.4, 0.5) is 5.69 Å². The first kappa shape index (κ1) is 10.2. The Morgan fingerprint density at radius 3 is 2.88 bits per heavy atom. The zero-order chi connectivity index (χ0) is 11.7. The molecular formula is C9H7NO6. The first-order chi connectivity index (χ1) is 7.58. The normalized spacial score (nSPS) is 17.9. The van der Waals surface area contributed by atoms with Crippen molar-refractivity contribution < 1.29 is 24.3 Å². The summed E-state index contributed by atoms with van der Waals surface area (Å²) in [5, 5.41) is 19.2. The molecule has 0 radical (unpaired) electrons. The Morgan fingerprint density at radius 2 is 2.25 bits per heavy atom. The topological polar surface area (TPSA) is 98.9 Å². The number of benzene rings is 1. The minimum absolute atomic E-state index is 0.129. The maximum Gasteiger partial charge on any atom is 0.348 e. The lowest BCUT2D eigenvalue weighted by atomic mass is 10.2. The fourth-order valence-electron chi connectivity index (χ4n) is 1.29. The van der Waals surface area contributed by atoms with Crippen LogP contribution in [0.5, 0.6) is 11.5 Å². The molecule has 1 aromatic rings. The molecule has 16 heavy (non-hydrogen) atoms. The monoisotopic (exact) mass is 225 g/mol. The highest BCUT2D eigenvalue weighted by molar-refractivity contribution is 5.73. The lowest BCUT2D eigenvalue weighted by Crippen LogP contribution is -2.36. The summed E-state index contributed by atoms with van der Waals surface area (Å²) in [4.78, 5) is 20.5. The molecule has 1 aromatic carbocycles. The van der Waals surface area contributed by atoms with Gasteiger partial charge >= 0.3 is 5.97 Å². The summed E-state index contributed by atoms with van der Waals surface area (Å²) >= 11 is 0. The average molecular weight is 225 g/mol. The van der Waals surface area contributed by atoms with Crippen LogP contribution < -0.4 is 9.47 Å². The summed E-state index contributed by atoms with van der Waals surface area (Å²) in [7, 11) is 0. The van der Waals surface area contributed by atoms with Gasteiger partial charge in [-0.2, -0.15) is 0 Å². The summed E-state index contributed by atoms with van der Waals surface area (Å²) in [6, 6.07) is 3.75. The quantitative estimate of drug-likeness (QED) is 0.590. The van der Waals surface area contributed by atoms with E-state index in [1.807, 2.05) is 0 Å². The van der Waals surface area contributed by atoms with Crippen LogP contribution in [-0.4, -0.2) is 28.7 Å². The molecule has 1 aliphatic rings. The van der Waals surface area contributed by atoms with Gasteiger partial charge in [-0.1, -0.05) is 0 Å². The fraction of sp³-hybridized carbons (Fsp3) is 0.222. The summed E-state index contributed by atoms with van der Waals surface area (Å²) < 4.78 is 10.2. The third-order valence-corrected chi connectivity index (χ3v) is 2.07. The van der Waals surface area contributed by atoms with Gasteiger partial charge < -0.3 is 14.6 Å². The number of carboxylic acids is 1. The third-order valence-electron chi connectivity index (χ3n) is 2.07. The van der Waals surface area contributed by atoms with Crippen molar-refractivity contribution in [1.82, 2.24) is 0 Å². The minimum Gasteiger partial charge on any atom is -0.485 e. The highest BCUT2D eigenvalue weighted by atomic mass is 16.6. The Balaban J connectivity index is 2.29. The van der Waals surface area contributed by atoms with Gasteiger partial charge in [0.15, 0.2) is 11.5 Å². The zero-order valence-corrected chi connectivity index (χ0v) is 7.95. The molecule has 0 amide bonds. The second-order valence-electron chi connectivity index (χ2n) is 3.14. The van der Waals surface area contributed by atoms with Crippen molar-refractivity contribution in [2.24, 2.45) is 0 Å². The van der Waals surface area contributed by atoms with Crippen molar-refractivity contribution in [2.45, 2.75) is 6.10 Å². The standard InChI is InChI=1S/C9H7NO6/c11-9(12)8-4-15-7-3-5(10(13)14)1-2-6(7)16-8/h1-3,8H,4H2,(H,11,12)/t8-/m0/s1. The van der Waals surface area contributed by atoms with Gasteiger partial charge in [-0.05, 0) is 6.07 Å². The first-order valence-corrected chi connectivity index (χ1v) is 4.38. The Bertz CT molecular complexity index is 457. The summed E-state index contributed by atoms with van der Waals surface area (Å²) in [6.45, 7) is -0.163. The van der Waals surface area contributed by atoms with Crippen LogP contribution in [0.25, 0.3) is 0 Å². The fourth-order valence-corrected chi connectivity index (χ4v) is 1.29. The van der Waals surface area contributed by atoms with E-state index in [0.29, 0.717) is 0 Å². The van der Waals surface area contributed by atoms with Crippen molar-refractivity contribution in [3.63, 3.8) is 0 Å². The maximum atomic E-state index is 10.6. The summed E-state index contributed by atoms with van der Waals surface area (Å²) in [5.74, 6) is -0.750. The van der Waals surface area contributed by atoms with Crippen LogP contribution >= 0.6 is 0 Å². The summed E-state index contributed by atoms with van der Waals surface area (Å²) in [5.41, 5.74) is -0.129. The van der Waals surface area contributed by atoms with Crippen molar-refractivity contribution in [3.05, 3.63) is 28.3 Å². The number of carbonyl (C=O) groups is 1. The smallest absolute Gasteiger partial charge is 0.348 e. The maximum absolute atomic E-state index is 10.6. The van der Waals surface area contributed by atoms with Crippen LogP contribution in [0, 0.1) is 10.1 Å². The number of non-ortho nitro benzene ring substituents is 1. The molecule has 1 atom stereocenters. The molecule has 0 spiro atoms.